The van der Waals surface area contributed by atoms with E-state index in [1.54, 1.807) is 17.7 Å². The number of hydrogen-bond donors (Lipinski definition) is 1. The van der Waals surface area contributed by atoms with Gasteiger partial charge in [-0.15, -0.1) is 0 Å². The highest BCUT2D eigenvalue weighted by Gasteiger charge is 2.31. The topological polar surface area (TPSA) is 57.9 Å². The number of pyridine rings is 1. The van der Waals surface area contributed by atoms with Crippen molar-refractivity contribution in [3.05, 3.63) is 92.4 Å². The molecule has 0 amide bonds. The summed E-state index contributed by atoms with van der Waals surface area (Å²) in [6, 6.07) is 16.6. The molecule has 0 aliphatic carbocycles. The van der Waals surface area contributed by atoms with E-state index in [0.717, 1.165) is 49.6 Å². The van der Waals surface area contributed by atoms with Gasteiger partial charge in [-0.1, -0.05) is 42.8 Å². The van der Waals surface area contributed by atoms with E-state index in [-0.39, 0.29) is 17.4 Å². The molecule has 1 aromatic heterocycles. The monoisotopic (exact) mass is 481 g/mol. The first-order valence-corrected chi connectivity index (χ1v) is 12.1. The minimum absolute atomic E-state index is 0.0337. The number of benzene rings is 2. The molecule has 2 heterocycles. The van der Waals surface area contributed by atoms with Crippen LogP contribution in [-0.2, 0) is 6.54 Å². The quantitative estimate of drug-likeness (QED) is 0.545. The minimum atomic E-state index is -0.355. The van der Waals surface area contributed by atoms with Crippen LogP contribution >= 0.6 is 11.6 Å². The first-order valence-electron chi connectivity index (χ1n) is 11.7. The Kier molecular flexibility index (Phi) is 7.61. The maximum Gasteiger partial charge on any atom is 0.259 e. The van der Waals surface area contributed by atoms with Crippen LogP contribution in [0, 0.1) is 6.92 Å². The largest absolute Gasteiger partial charge is 0.507 e. The number of likely N-dealkylation sites (N-methyl/N-ethyl adjacent to an activating group) is 1. The van der Waals surface area contributed by atoms with Crippen LogP contribution in [0.1, 0.15) is 35.3 Å². The normalized spacial score (nSPS) is 15.9. The van der Waals surface area contributed by atoms with Gasteiger partial charge >= 0.3 is 0 Å². The number of halogens is 1. The van der Waals surface area contributed by atoms with E-state index in [1.807, 2.05) is 55.5 Å². The van der Waals surface area contributed by atoms with Gasteiger partial charge in [0.25, 0.3) is 5.56 Å². The van der Waals surface area contributed by atoms with Gasteiger partial charge in [0, 0.05) is 36.9 Å². The second kappa shape index (κ2) is 10.6. The van der Waals surface area contributed by atoms with Crippen LogP contribution in [0.3, 0.4) is 0 Å². The van der Waals surface area contributed by atoms with Crippen molar-refractivity contribution in [3.8, 4) is 11.5 Å². The Morgan fingerprint density at radius 2 is 1.68 bits per heavy atom. The van der Waals surface area contributed by atoms with Gasteiger partial charge in [-0.2, -0.15) is 0 Å². The lowest BCUT2D eigenvalue weighted by atomic mass is 9.96. The van der Waals surface area contributed by atoms with Gasteiger partial charge in [0.05, 0.1) is 25.3 Å². The Hall–Kier alpha value is -2.80. The van der Waals surface area contributed by atoms with Crippen molar-refractivity contribution in [3.63, 3.8) is 0 Å². The van der Waals surface area contributed by atoms with Crippen LogP contribution in [0.25, 0.3) is 0 Å². The summed E-state index contributed by atoms with van der Waals surface area (Å²) < 4.78 is 6.99. The second-order valence-electron chi connectivity index (χ2n) is 8.75. The third-order valence-corrected chi connectivity index (χ3v) is 6.95. The number of rotatable bonds is 7. The van der Waals surface area contributed by atoms with E-state index in [1.165, 1.54) is 0 Å². The fourth-order valence-corrected chi connectivity index (χ4v) is 4.80. The molecule has 2 aromatic carbocycles. The number of methoxy groups -OCH3 is 1. The fourth-order valence-electron chi connectivity index (χ4n) is 4.68. The van der Waals surface area contributed by atoms with Crippen LogP contribution < -0.4 is 10.3 Å². The highest BCUT2D eigenvalue weighted by Crippen LogP contribution is 2.34. The third-order valence-electron chi connectivity index (χ3n) is 6.70. The average Bonchev–Trinajstić information content (AvgIpc) is 2.85. The third kappa shape index (κ3) is 5.14. The summed E-state index contributed by atoms with van der Waals surface area (Å²) in [4.78, 5) is 18.6. The molecule has 0 bridgehead atoms. The van der Waals surface area contributed by atoms with E-state index in [2.05, 4.69) is 16.7 Å². The maximum absolute atomic E-state index is 13.9. The van der Waals surface area contributed by atoms with Crippen molar-refractivity contribution < 1.29 is 9.84 Å². The molecule has 7 heteroatoms. The zero-order valence-corrected chi connectivity index (χ0v) is 20.8. The molecule has 1 atom stereocenters. The van der Waals surface area contributed by atoms with Gasteiger partial charge in [-0.05, 0) is 54.9 Å². The molecular formula is C27H32ClN3O3. The standard InChI is InChI=1S/C27H32ClN3O3/c1-4-29-13-15-30(16-14-29)26(21-7-9-22(28)10-8-21)25-24(32)17-19(2)31(27(25)33)18-20-5-11-23(34-3)12-6-20/h5-12,17,26,32H,4,13-16,18H2,1-3H3/t26-/m0/s1. The first kappa shape index (κ1) is 24.3. The Morgan fingerprint density at radius 1 is 1.03 bits per heavy atom. The Balaban J connectivity index is 1.78. The maximum atomic E-state index is 13.9. The SMILES string of the molecule is CCN1CCN([C@@H](c2ccc(Cl)cc2)c2c(O)cc(C)n(Cc3ccc(OC)cc3)c2=O)CC1. The van der Waals surface area contributed by atoms with Gasteiger partial charge in [0.1, 0.15) is 11.5 Å². The number of hydrogen-bond acceptors (Lipinski definition) is 5. The number of aromatic hydroxyl groups is 1. The van der Waals surface area contributed by atoms with Crippen molar-refractivity contribution >= 4 is 11.6 Å². The van der Waals surface area contributed by atoms with E-state index < -0.39 is 0 Å². The highest BCUT2D eigenvalue weighted by atomic mass is 35.5. The van der Waals surface area contributed by atoms with Crippen molar-refractivity contribution in [2.24, 2.45) is 0 Å². The van der Waals surface area contributed by atoms with Gasteiger partial charge < -0.3 is 19.3 Å². The van der Waals surface area contributed by atoms with E-state index in [4.69, 9.17) is 16.3 Å². The molecule has 1 fully saturated rings. The van der Waals surface area contributed by atoms with Gasteiger partial charge in [0.2, 0.25) is 0 Å². The summed E-state index contributed by atoms with van der Waals surface area (Å²) in [5.41, 5.74) is 2.88. The van der Waals surface area contributed by atoms with E-state index in [0.29, 0.717) is 22.8 Å². The van der Waals surface area contributed by atoms with Gasteiger partial charge in [-0.3, -0.25) is 9.69 Å². The molecule has 6 nitrogen and oxygen atoms in total. The average molecular weight is 482 g/mol. The Morgan fingerprint density at radius 3 is 2.26 bits per heavy atom. The Bertz CT molecular complexity index is 1170. The molecule has 4 rings (SSSR count). The second-order valence-corrected chi connectivity index (χ2v) is 9.18. The molecule has 34 heavy (non-hydrogen) atoms. The smallest absolute Gasteiger partial charge is 0.259 e. The molecule has 1 N–H and O–H groups in total. The lowest BCUT2D eigenvalue weighted by Gasteiger charge is -2.39. The number of nitrogens with zero attached hydrogens (tertiary/aromatic N) is 3. The van der Waals surface area contributed by atoms with Crippen molar-refractivity contribution in [1.82, 2.24) is 14.4 Å². The molecule has 1 saturated heterocycles. The van der Waals surface area contributed by atoms with Crippen molar-refractivity contribution in [1.29, 1.82) is 0 Å². The highest BCUT2D eigenvalue weighted by molar-refractivity contribution is 6.30. The zero-order valence-electron chi connectivity index (χ0n) is 20.0. The Labute approximate surface area is 206 Å². The van der Waals surface area contributed by atoms with E-state index in [9.17, 15) is 9.90 Å². The molecule has 0 radical (unpaired) electrons. The van der Waals surface area contributed by atoms with Crippen LogP contribution in [-0.4, -0.2) is 59.3 Å². The summed E-state index contributed by atoms with van der Waals surface area (Å²) in [6.07, 6.45) is 0. The molecule has 180 valence electrons. The predicted octanol–water partition coefficient (Wildman–Crippen LogP) is 4.30. The minimum Gasteiger partial charge on any atom is -0.507 e. The van der Waals surface area contributed by atoms with Crippen LogP contribution in [0.4, 0.5) is 0 Å². The van der Waals surface area contributed by atoms with Crippen LogP contribution in [0.5, 0.6) is 11.5 Å². The summed E-state index contributed by atoms with van der Waals surface area (Å²) in [6.45, 7) is 8.91. The molecule has 1 aliphatic rings. The summed E-state index contributed by atoms with van der Waals surface area (Å²) >= 11 is 6.16. The van der Waals surface area contributed by atoms with Gasteiger partial charge in [0.15, 0.2) is 0 Å². The van der Waals surface area contributed by atoms with Crippen molar-refractivity contribution in [2.75, 3.05) is 39.8 Å². The van der Waals surface area contributed by atoms with Crippen LogP contribution in [0.2, 0.25) is 5.02 Å². The summed E-state index contributed by atoms with van der Waals surface area (Å²) in [7, 11) is 1.63. The molecule has 0 saturated carbocycles. The first-order chi connectivity index (χ1) is 16.4. The van der Waals surface area contributed by atoms with Crippen molar-refractivity contribution in [2.45, 2.75) is 26.4 Å². The summed E-state index contributed by atoms with van der Waals surface area (Å²) in [5, 5.41) is 11.7. The van der Waals surface area contributed by atoms with Crippen LogP contribution in [0.15, 0.2) is 59.4 Å². The zero-order chi connectivity index (χ0) is 24.2. The molecule has 3 aromatic rings. The number of aromatic nitrogens is 1. The number of ether oxygens (including phenoxy) is 1. The fraction of sp³-hybridized carbons (Fsp3) is 0.370. The molecular weight excluding hydrogens is 450 g/mol. The number of piperazine rings is 1. The van der Waals surface area contributed by atoms with Gasteiger partial charge in [-0.25, -0.2) is 0 Å². The van der Waals surface area contributed by atoms with E-state index >= 15 is 0 Å². The molecule has 1 aliphatic heterocycles. The lowest BCUT2D eigenvalue weighted by molar-refractivity contribution is 0.111. The summed E-state index contributed by atoms with van der Waals surface area (Å²) in [5.74, 6) is 0.805. The lowest BCUT2D eigenvalue weighted by Crippen LogP contribution is -2.48. The number of aryl methyl sites for hydroxylation is 1. The molecule has 0 spiro atoms. The predicted molar refractivity (Wildman–Crippen MR) is 136 cm³/mol. The molecule has 0 unspecified atom stereocenters.